The third-order valence-electron chi connectivity index (χ3n) is 3.93. The van der Waals surface area contributed by atoms with Crippen LogP contribution in [0.2, 0.25) is 0 Å². The molecule has 0 saturated carbocycles. The molecular formula is C17H18O. The van der Waals surface area contributed by atoms with Crippen molar-refractivity contribution in [3.8, 4) is 0 Å². The van der Waals surface area contributed by atoms with Crippen LogP contribution in [0.1, 0.15) is 47.7 Å². The number of rotatable bonds is 4. The number of hydrogen-bond donors (Lipinski definition) is 0. The first-order chi connectivity index (χ1) is 8.81. The Bertz CT molecular complexity index is 600. The van der Waals surface area contributed by atoms with Gasteiger partial charge < -0.3 is 0 Å². The molecule has 0 bridgehead atoms. The summed E-state index contributed by atoms with van der Waals surface area (Å²) in [7, 11) is 0. The van der Waals surface area contributed by atoms with Gasteiger partial charge in [-0.15, -0.1) is 0 Å². The van der Waals surface area contributed by atoms with Crippen molar-refractivity contribution in [2.45, 2.75) is 39.0 Å². The minimum absolute atomic E-state index is 0.299. The molecule has 1 nitrogen and oxygen atoms in total. The van der Waals surface area contributed by atoms with Crippen LogP contribution in [0.15, 0.2) is 30.3 Å². The molecule has 0 spiro atoms. The summed E-state index contributed by atoms with van der Waals surface area (Å²) in [4.78, 5) is 12.3. The number of aryl methyl sites for hydroxylation is 2. The van der Waals surface area contributed by atoms with Crippen LogP contribution in [-0.4, -0.2) is 5.78 Å². The van der Waals surface area contributed by atoms with Gasteiger partial charge in [-0.1, -0.05) is 43.7 Å². The molecule has 0 fully saturated rings. The van der Waals surface area contributed by atoms with Crippen LogP contribution in [0.5, 0.6) is 0 Å². The van der Waals surface area contributed by atoms with Gasteiger partial charge in [0.05, 0.1) is 0 Å². The second-order valence-corrected chi connectivity index (χ2v) is 5.14. The standard InChI is InChI=1S/C17H18O/c1-2-3-7-16(18)14-11-10-13-9-8-12-5-4-6-15(14)17(12)13/h4-6,10-11H,2-3,7-9H2,1H3. The molecule has 0 N–H and O–H groups in total. The Labute approximate surface area is 108 Å². The van der Waals surface area contributed by atoms with Crippen LogP contribution in [-0.2, 0) is 12.8 Å². The first kappa shape index (κ1) is 11.5. The van der Waals surface area contributed by atoms with E-state index >= 15 is 0 Å². The monoisotopic (exact) mass is 238 g/mol. The van der Waals surface area contributed by atoms with Crippen molar-refractivity contribution in [3.05, 3.63) is 47.0 Å². The van der Waals surface area contributed by atoms with Gasteiger partial charge in [-0.3, -0.25) is 4.79 Å². The SMILES string of the molecule is CCCCC(=O)c1ccc2c3c(cccc13)CC2. The summed E-state index contributed by atoms with van der Waals surface area (Å²) in [5.74, 6) is 0.299. The predicted octanol–water partition coefficient (Wildman–Crippen LogP) is 4.31. The molecule has 2 aromatic carbocycles. The summed E-state index contributed by atoms with van der Waals surface area (Å²) in [6.45, 7) is 2.13. The molecule has 0 saturated heterocycles. The third-order valence-corrected chi connectivity index (χ3v) is 3.93. The smallest absolute Gasteiger partial charge is 0.163 e. The first-order valence-electron chi connectivity index (χ1n) is 6.88. The van der Waals surface area contributed by atoms with Gasteiger partial charge in [0.15, 0.2) is 5.78 Å². The van der Waals surface area contributed by atoms with Crippen LogP contribution < -0.4 is 0 Å². The Balaban J connectivity index is 2.12. The van der Waals surface area contributed by atoms with Crippen molar-refractivity contribution in [1.82, 2.24) is 0 Å². The molecule has 0 unspecified atom stereocenters. The lowest BCUT2D eigenvalue weighted by atomic mass is 9.96. The summed E-state index contributed by atoms with van der Waals surface area (Å²) >= 11 is 0. The van der Waals surface area contributed by atoms with Crippen molar-refractivity contribution in [3.63, 3.8) is 0 Å². The zero-order chi connectivity index (χ0) is 12.5. The van der Waals surface area contributed by atoms with Gasteiger partial charge in [-0.25, -0.2) is 0 Å². The normalized spacial score (nSPS) is 13.2. The molecule has 1 aliphatic carbocycles. The number of benzene rings is 2. The van der Waals surface area contributed by atoms with Crippen LogP contribution >= 0.6 is 0 Å². The highest BCUT2D eigenvalue weighted by Crippen LogP contribution is 2.33. The van der Waals surface area contributed by atoms with E-state index in [1.54, 1.807) is 0 Å². The maximum atomic E-state index is 12.3. The Hall–Kier alpha value is -1.63. The molecule has 0 atom stereocenters. The van der Waals surface area contributed by atoms with Gasteiger partial charge in [-0.2, -0.15) is 0 Å². The molecule has 0 aliphatic heterocycles. The minimum atomic E-state index is 0.299. The topological polar surface area (TPSA) is 17.1 Å². The molecule has 3 rings (SSSR count). The second kappa shape index (κ2) is 4.56. The predicted molar refractivity (Wildman–Crippen MR) is 75.2 cm³/mol. The number of carbonyl (C=O) groups excluding carboxylic acids is 1. The Morgan fingerprint density at radius 2 is 1.89 bits per heavy atom. The Morgan fingerprint density at radius 1 is 1.11 bits per heavy atom. The largest absolute Gasteiger partial charge is 0.294 e. The Morgan fingerprint density at radius 3 is 2.67 bits per heavy atom. The van der Waals surface area contributed by atoms with Gasteiger partial charge in [0.1, 0.15) is 0 Å². The fourth-order valence-corrected chi connectivity index (χ4v) is 2.96. The Kier molecular flexibility index (Phi) is 2.91. The fraction of sp³-hybridized carbons (Fsp3) is 0.353. The highest BCUT2D eigenvalue weighted by molar-refractivity contribution is 6.10. The number of hydrogen-bond acceptors (Lipinski definition) is 1. The lowest BCUT2D eigenvalue weighted by Crippen LogP contribution is -2.00. The zero-order valence-electron chi connectivity index (χ0n) is 10.8. The molecule has 92 valence electrons. The number of carbonyl (C=O) groups is 1. The molecule has 0 radical (unpaired) electrons. The van der Waals surface area contributed by atoms with Crippen molar-refractivity contribution in [1.29, 1.82) is 0 Å². The van der Waals surface area contributed by atoms with E-state index in [1.807, 2.05) is 6.07 Å². The third kappa shape index (κ3) is 1.74. The molecule has 0 amide bonds. The highest BCUT2D eigenvalue weighted by Gasteiger charge is 2.18. The van der Waals surface area contributed by atoms with Crippen molar-refractivity contribution in [2.24, 2.45) is 0 Å². The molecule has 18 heavy (non-hydrogen) atoms. The average Bonchev–Trinajstić information content (AvgIpc) is 2.82. The number of ketones is 1. The number of Topliss-reactive ketones (excluding diaryl/α,β-unsaturated/α-hetero) is 1. The van der Waals surface area contributed by atoms with Gasteiger partial charge in [0, 0.05) is 12.0 Å². The first-order valence-corrected chi connectivity index (χ1v) is 6.88. The zero-order valence-corrected chi connectivity index (χ0v) is 10.8. The van der Waals surface area contributed by atoms with Crippen molar-refractivity contribution >= 4 is 16.6 Å². The fourth-order valence-electron chi connectivity index (χ4n) is 2.96. The summed E-state index contributed by atoms with van der Waals surface area (Å²) in [6.07, 6.45) is 4.99. The van der Waals surface area contributed by atoms with Gasteiger partial charge in [0.2, 0.25) is 0 Å². The summed E-state index contributed by atoms with van der Waals surface area (Å²) in [5.41, 5.74) is 3.74. The number of unbranched alkanes of at least 4 members (excludes halogenated alkanes) is 1. The van der Waals surface area contributed by atoms with Gasteiger partial charge in [-0.05, 0) is 41.2 Å². The van der Waals surface area contributed by atoms with Gasteiger partial charge in [0.25, 0.3) is 0 Å². The van der Waals surface area contributed by atoms with E-state index in [0.717, 1.165) is 31.2 Å². The lowest BCUT2D eigenvalue weighted by molar-refractivity contribution is 0.0981. The van der Waals surface area contributed by atoms with Crippen molar-refractivity contribution < 1.29 is 4.79 Å². The van der Waals surface area contributed by atoms with E-state index < -0.39 is 0 Å². The van der Waals surface area contributed by atoms with Crippen molar-refractivity contribution in [2.75, 3.05) is 0 Å². The van der Waals surface area contributed by atoms with E-state index in [9.17, 15) is 4.79 Å². The minimum Gasteiger partial charge on any atom is -0.294 e. The molecular weight excluding hydrogens is 220 g/mol. The van der Waals surface area contributed by atoms with E-state index in [1.165, 1.54) is 21.9 Å². The van der Waals surface area contributed by atoms with E-state index in [4.69, 9.17) is 0 Å². The highest BCUT2D eigenvalue weighted by atomic mass is 16.1. The van der Waals surface area contributed by atoms with Gasteiger partial charge >= 0.3 is 0 Å². The molecule has 1 aliphatic rings. The summed E-state index contributed by atoms with van der Waals surface area (Å²) in [5, 5.41) is 2.52. The van der Waals surface area contributed by atoms with Crippen LogP contribution in [0.4, 0.5) is 0 Å². The molecule has 0 aromatic heterocycles. The molecule has 1 heteroatoms. The quantitative estimate of drug-likeness (QED) is 0.725. The average molecular weight is 238 g/mol. The molecule has 0 heterocycles. The van der Waals surface area contributed by atoms with Crippen LogP contribution in [0.3, 0.4) is 0 Å². The maximum Gasteiger partial charge on any atom is 0.163 e. The summed E-state index contributed by atoms with van der Waals surface area (Å²) in [6, 6.07) is 10.6. The van der Waals surface area contributed by atoms with E-state index in [-0.39, 0.29) is 0 Å². The lowest BCUT2D eigenvalue weighted by Gasteiger charge is -2.08. The summed E-state index contributed by atoms with van der Waals surface area (Å²) < 4.78 is 0. The van der Waals surface area contributed by atoms with E-state index in [0.29, 0.717) is 12.2 Å². The second-order valence-electron chi connectivity index (χ2n) is 5.14. The van der Waals surface area contributed by atoms with Crippen LogP contribution in [0.25, 0.3) is 10.8 Å². The maximum absolute atomic E-state index is 12.3. The van der Waals surface area contributed by atoms with Crippen LogP contribution in [0, 0.1) is 0 Å². The van der Waals surface area contributed by atoms with E-state index in [2.05, 4.69) is 31.2 Å². The molecule has 2 aromatic rings.